The molecule has 0 unspecified atom stereocenters. The Morgan fingerprint density at radius 3 is 2.77 bits per heavy atom. The Kier molecular flexibility index (Phi) is 5.46. The molecule has 4 rings (SSSR count). The fourth-order valence-electron chi connectivity index (χ4n) is 3.23. The maximum atomic E-state index is 14.7. The Balaban J connectivity index is 1.65. The highest BCUT2D eigenvalue weighted by Gasteiger charge is 2.30. The standard InChI is InChI=1S/C21H23FN4O3S/c1-2-3-10-30(28,29)26-18-7-6-14(11-17(18)22)16-12-19(25-21(27)13-4-5-13)24-20-15(16)8-9-23-20/h6-9,11-13,26H,2-5,10H2,1H3,(H2,23,24,25,27). The Morgan fingerprint density at radius 2 is 2.07 bits per heavy atom. The third-order valence-corrected chi connectivity index (χ3v) is 6.40. The van der Waals surface area contributed by atoms with Crippen molar-refractivity contribution in [3.05, 3.63) is 42.3 Å². The number of fused-ring (bicyclic) bond motifs is 1. The summed E-state index contributed by atoms with van der Waals surface area (Å²) in [6, 6.07) is 7.87. The van der Waals surface area contributed by atoms with Crippen molar-refractivity contribution in [3.63, 3.8) is 0 Å². The van der Waals surface area contributed by atoms with Gasteiger partial charge in [-0.25, -0.2) is 17.8 Å². The van der Waals surface area contributed by atoms with Crippen LogP contribution in [0.1, 0.15) is 32.6 Å². The summed E-state index contributed by atoms with van der Waals surface area (Å²) in [6.07, 6.45) is 4.72. The molecule has 1 fully saturated rings. The summed E-state index contributed by atoms with van der Waals surface area (Å²) in [5, 5.41) is 3.59. The number of amides is 1. The quantitative estimate of drug-likeness (QED) is 0.497. The van der Waals surface area contributed by atoms with E-state index in [0.29, 0.717) is 29.0 Å². The van der Waals surface area contributed by atoms with Crippen molar-refractivity contribution in [2.75, 3.05) is 15.8 Å². The molecule has 0 atom stereocenters. The number of nitrogens with zero attached hydrogens (tertiary/aromatic N) is 1. The van der Waals surface area contributed by atoms with Gasteiger partial charge in [0.15, 0.2) is 0 Å². The maximum Gasteiger partial charge on any atom is 0.232 e. The number of hydrogen-bond donors (Lipinski definition) is 3. The number of aromatic amines is 1. The molecule has 158 valence electrons. The van der Waals surface area contributed by atoms with Crippen LogP contribution in [0.3, 0.4) is 0 Å². The Labute approximate surface area is 174 Å². The van der Waals surface area contributed by atoms with E-state index in [9.17, 15) is 17.6 Å². The van der Waals surface area contributed by atoms with Gasteiger partial charge < -0.3 is 10.3 Å². The number of nitrogens with one attached hydrogen (secondary N) is 3. The van der Waals surface area contributed by atoms with Crippen molar-refractivity contribution in [3.8, 4) is 11.1 Å². The molecule has 9 heteroatoms. The zero-order valence-corrected chi connectivity index (χ0v) is 17.4. The number of benzene rings is 1. The zero-order chi connectivity index (χ0) is 21.3. The lowest BCUT2D eigenvalue weighted by molar-refractivity contribution is -0.117. The maximum absolute atomic E-state index is 14.7. The number of anilines is 2. The lowest BCUT2D eigenvalue weighted by Gasteiger charge is -2.12. The minimum Gasteiger partial charge on any atom is -0.346 e. The SMILES string of the molecule is CCCCS(=O)(=O)Nc1ccc(-c2cc(NC(=O)C3CC3)nc3[nH]ccc23)cc1F. The number of rotatable bonds is 8. The van der Waals surface area contributed by atoms with Crippen LogP contribution in [0, 0.1) is 11.7 Å². The predicted molar refractivity (Wildman–Crippen MR) is 115 cm³/mol. The van der Waals surface area contributed by atoms with Gasteiger partial charge in [-0.1, -0.05) is 19.4 Å². The average Bonchev–Trinajstić information content (AvgIpc) is 3.45. The fourth-order valence-corrected chi connectivity index (χ4v) is 4.50. The number of carbonyl (C=O) groups excluding carboxylic acids is 1. The van der Waals surface area contributed by atoms with E-state index < -0.39 is 15.8 Å². The Hall–Kier alpha value is -2.94. The minimum absolute atomic E-state index is 0.0343. The van der Waals surface area contributed by atoms with E-state index in [4.69, 9.17) is 0 Å². The van der Waals surface area contributed by atoms with Gasteiger partial charge in [-0.15, -0.1) is 0 Å². The first-order valence-corrected chi connectivity index (χ1v) is 11.6. The van der Waals surface area contributed by atoms with Gasteiger partial charge in [-0.05, 0) is 54.7 Å². The van der Waals surface area contributed by atoms with E-state index >= 15 is 0 Å². The number of hydrogen-bond acceptors (Lipinski definition) is 4. The topological polar surface area (TPSA) is 104 Å². The van der Waals surface area contributed by atoms with Crippen LogP contribution >= 0.6 is 0 Å². The van der Waals surface area contributed by atoms with Crippen LogP contribution < -0.4 is 10.0 Å². The van der Waals surface area contributed by atoms with Crippen molar-refractivity contribution in [2.24, 2.45) is 5.92 Å². The molecule has 3 N–H and O–H groups in total. The first-order chi connectivity index (χ1) is 14.4. The van der Waals surface area contributed by atoms with Crippen LogP contribution in [0.4, 0.5) is 15.9 Å². The third kappa shape index (κ3) is 4.46. The lowest BCUT2D eigenvalue weighted by atomic mass is 10.0. The van der Waals surface area contributed by atoms with Gasteiger partial charge in [0, 0.05) is 17.5 Å². The van der Waals surface area contributed by atoms with Crippen LogP contribution in [-0.2, 0) is 14.8 Å². The van der Waals surface area contributed by atoms with E-state index in [0.717, 1.165) is 24.6 Å². The van der Waals surface area contributed by atoms with Crippen LogP contribution in [0.5, 0.6) is 0 Å². The largest absolute Gasteiger partial charge is 0.346 e. The van der Waals surface area contributed by atoms with Crippen LogP contribution in [0.15, 0.2) is 36.5 Å². The molecule has 0 radical (unpaired) electrons. The van der Waals surface area contributed by atoms with Crippen molar-refractivity contribution < 1.29 is 17.6 Å². The number of pyridine rings is 1. The van der Waals surface area contributed by atoms with Gasteiger partial charge in [0.1, 0.15) is 17.3 Å². The molecule has 1 aromatic carbocycles. The van der Waals surface area contributed by atoms with E-state index in [1.807, 2.05) is 13.0 Å². The second-order valence-corrected chi connectivity index (χ2v) is 9.37. The molecule has 0 spiro atoms. The van der Waals surface area contributed by atoms with Crippen molar-refractivity contribution in [2.45, 2.75) is 32.6 Å². The predicted octanol–water partition coefficient (Wildman–Crippen LogP) is 4.26. The van der Waals surface area contributed by atoms with Crippen molar-refractivity contribution in [1.82, 2.24) is 9.97 Å². The van der Waals surface area contributed by atoms with Gasteiger partial charge in [-0.2, -0.15) is 0 Å². The van der Waals surface area contributed by atoms with Gasteiger partial charge in [0.05, 0.1) is 11.4 Å². The summed E-state index contributed by atoms with van der Waals surface area (Å²) >= 11 is 0. The monoisotopic (exact) mass is 430 g/mol. The fraction of sp³-hybridized carbons (Fsp3) is 0.333. The number of carbonyl (C=O) groups is 1. The first kappa shape index (κ1) is 20.3. The molecule has 1 saturated carbocycles. The molecule has 2 heterocycles. The number of aromatic nitrogens is 2. The van der Waals surface area contributed by atoms with Crippen molar-refractivity contribution in [1.29, 1.82) is 0 Å². The smallest absolute Gasteiger partial charge is 0.232 e. The van der Waals surface area contributed by atoms with E-state index in [1.165, 1.54) is 12.1 Å². The van der Waals surface area contributed by atoms with Gasteiger partial charge in [0.25, 0.3) is 0 Å². The second-order valence-electron chi connectivity index (χ2n) is 7.53. The number of sulfonamides is 1. The lowest BCUT2D eigenvalue weighted by Crippen LogP contribution is -2.17. The molecular formula is C21H23FN4O3S. The summed E-state index contributed by atoms with van der Waals surface area (Å²) in [7, 11) is -3.60. The highest BCUT2D eigenvalue weighted by Crippen LogP contribution is 2.34. The molecule has 3 aromatic rings. The van der Waals surface area contributed by atoms with Gasteiger partial charge in [-0.3, -0.25) is 9.52 Å². The molecule has 0 aliphatic heterocycles. The van der Waals surface area contributed by atoms with Gasteiger partial charge >= 0.3 is 0 Å². The van der Waals surface area contributed by atoms with E-state index in [-0.39, 0.29) is 23.3 Å². The molecular weight excluding hydrogens is 407 g/mol. The van der Waals surface area contributed by atoms with Crippen LogP contribution in [0.2, 0.25) is 0 Å². The summed E-state index contributed by atoms with van der Waals surface area (Å²) in [5.74, 6) is -0.365. The summed E-state index contributed by atoms with van der Waals surface area (Å²) in [4.78, 5) is 19.5. The number of unbranched alkanes of at least 4 members (excludes halogenated alkanes) is 1. The number of H-pyrrole nitrogens is 1. The molecule has 1 amide bonds. The molecule has 2 aromatic heterocycles. The summed E-state index contributed by atoms with van der Waals surface area (Å²) in [5.41, 5.74) is 1.73. The zero-order valence-electron chi connectivity index (χ0n) is 16.5. The molecule has 30 heavy (non-hydrogen) atoms. The van der Waals surface area contributed by atoms with Crippen LogP contribution in [0.25, 0.3) is 22.2 Å². The van der Waals surface area contributed by atoms with Gasteiger partial charge in [0.2, 0.25) is 15.9 Å². The third-order valence-electron chi connectivity index (χ3n) is 5.04. The normalized spacial score (nSPS) is 14.1. The molecule has 0 bridgehead atoms. The minimum atomic E-state index is -3.60. The molecule has 1 aliphatic rings. The average molecular weight is 431 g/mol. The van der Waals surface area contributed by atoms with E-state index in [2.05, 4.69) is 20.0 Å². The summed E-state index contributed by atoms with van der Waals surface area (Å²) < 4.78 is 41.2. The molecule has 1 aliphatic carbocycles. The summed E-state index contributed by atoms with van der Waals surface area (Å²) in [6.45, 7) is 1.89. The highest BCUT2D eigenvalue weighted by atomic mass is 32.2. The molecule has 7 nitrogen and oxygen atoms in total. The van der Waals surface area contributed by atoms with E-state index in [1.54, 1.807) is 18.3 Å². The highest BCUT2D eigenvalue weighted by molar-refractivity contribution is 7.92. The molecule has 0 saturated heterocycles. The Bertz CT molecular complexity index is 1200. The van der Waals surface area contributed by atoms with Crippen molar-refractivity contribution >= 4 is 38.5 Å². The van der Waals surface area contributed by atoms with Crippen LogP contribution in [-0.4, -0.2) is 30.0 Å². The second kappa shape index (κ2) is 8.06. The Morgan fingerprint density at radius 1 is 1.27 bits per heavy atom. The number of halogens is 1. The first-order valence-electron chi connectivity index (χ1n) is 9.95.